The Hall–Kier alpha value is -1.91. The molecule has 0 aromatic heterocycles. The first kappa shape index (κ1) is 14.5. The van der Waals surface area contributed by atoms with Crippen LogP contribution < -0.4 is 16.0 Å². The van der Waals surface area contributed by atoms with Gasteiger partial charge in [0.15, 0.2) is 0 Å². The van der Waals surface area contributed by atoms with Gasteiger partial charge in [0.25, 0.3) is 0 Å². The molecule has 3 N–H and O–H groups in total. The molecule has 106 valence electrons. The van der Waals surface area contributed by atoms with E-state index in [0.717, 1.165) is 16.7 Å². The van der Waals surface area contributed by atoms with Gasteiger partial charge in [0, 0.05) is 11.1 Å². The van der Waals surface area contributed by atoms with Crippen molar-refractivity contribution in [2.75, 3.05) is 7.11 Å². The Kier molecular flexibility index (Phi) is 4.37. The lowest BCUT2D eigenvalue weighted by Crippen LogP contribution is -2.30. The maximum Gasteiger partial charge on any atom is 0.128 e. The highest BCUT2D eigenvalue weighted by atomic mass is 19.1. The molecule has 3 nitrogen and oxygen atoms in total. The summed E-state index contributed by atoms with van der Waals surface area (Å²) in [5, 5.41) is 0. The topological polar surface area (TPSA) is 47.3 Å². The van der Waals surface area contributed by atoms with Gasteiger partial charge in [0.2, 0.25) is 0 Å². The van der Waals surface area contributed by atoms with Crippen molar-refractivity contribution in [3.8, 4) is 5.75 Å². The van der Waals surface area contributed by atoms with E-state index >= 15 is 0 Å². The number of hydrazine groups is 1. The summed E-state index contributed by atoms with van der Waals surface area (Å²) in [6.07, 6.45) is 0. The standard InChI is InChI=1S/C16H19FN2O/c1-10-5-7-14(17)13(8-10)16(19-18)12-6-4-11(2)9-15(12)20-3/h4-9,16,19H,18H2,1-3H3. The van der Waals surface area contributed by atoms with Gasteiger partial charge in [0.05, 0.1) is 13.2 Å². The SMILES string of the molecule is COc1cc(C)ccc1C(NN)c1cc(C)ccc1F. The first-order valence-corrected chi connectivity index (χ1v) is 6.43. The minimum absolute atomic E-state index is 0.291. The van der Waals surface area contributed by atoms with Crippen molar-refractivity contribution in [3.05, 3.63) is 64.5 Å². The van der Waals surface area contributed by atoms with Gasteiger partial charge in [-0.15, -0.1) is 0 Å². The smallest absolute Gasteiger partial charge is 0.128 e. The van der Waals surface area contributed by atoms with Gasteiger partial charge in [-0.3, -0.25) is 5.84 Å². The number of hydrogen-bond donors (Lipinski definition) is 2. The monoisotopic (exact) mass is 274 g/mol. The molecule has 0 saturated heterocycles. The van der Waals surface area contributed by atoms with Gasteiger partial charge < -0.3 is 4.74 Å². The van der Waals surface area contributed by atoms with Gasteiger partial charge in [0.1, 0.15) is 11.6 Å². The Morgan fingerprint density at radius 2 is 1.70 bits per heavy atom. The molecule has 20 heavy (non-hydrogen) atoms. The van der Waals surface area contributed by atoms with E-state index in [4.69, 9.17) is 10.6 Å². The maximum absolute atomic E-state index is 14.1. The Bertz CT molecular complexity index is 613. The summed E-state index contributed by atoms with van der Waals surface area (Å²) < 4.78 is 19.5. The molecule has 1 atom stereocenters. The van der Waals surface area contributed by atoms with Crippen LogP contribution >= 0.6 is 0 Å². The lowest BCUT2D eigenvalue weighted by molar-refractivity contribution is 0.403. The predicted molar refractivity (Wildman–Crippen MR) is 78.0 cm³/mol. The second-order valence-electron chi connectivity index (χ2n) is 4.87. The summed E-state index contributed by atoms with van der Waals surface area (Å²) in [7, 11) is 1.60. The summed E-state index contributed by atoms with van der Waals surface area (Å²) in [5.41, 5.74) is 6.05. The van der Waals surface area contributed by atoms with E-state index in [9.17, 15) is 4.39 Å². The van der Waals surface area contributed by atoms with Gasteiger partial charge >= 0.3 is 0 Å². The van der Waals surface area contributed by atoms with E-state index in [1.807, 2.05) is 32.0 Å². The van der Waals surface area contributed by atoms with Crippen molar-refractivity contribution >= 4 is 0 Å². The van der Waals surface area contributed by atoms with Crippen LogP contribution in [0.2, 0.25) is 0 Å². The third-order valence-electron chi connectivity index (χ3n) is 3.33. The Morgan fingerprint density at radius 3 is 2.35 bits per heavy atom. The van der Waals surface area contributed by atoms with Crippen molar-refractivity contribution in [3.63, 3.8) is 0 Å². The molecule has 0 amide bonds. The van der Waals surface area contributed by atoms with Crippen molar-refractivity contribution < 1.29 is 9.13 Å². The highest BCUT2D eigenvalue weighted by molar-refractivity contribution is 5.44. The Labute approximate surface area is 118 Å². The normalized spacial score (nSPS) is 12.2. The third-order valence-corrected chi connectivity index (χ3v) is 3.33. The van der Waals surface area contributed by atoms with Crippen molar-refractivity contribution in [2.45, 2.75) is 19.9 Å². The predicted octanol–water partition coefficient (Wildman–Crippen LogP) is 3.00. The number of rotatable bonds is 4. The van der Waals surface area contributed by atoms with E-state index in [1.165, 1.54) is 6.07 Å². The molecule has 2 aromatic rings. The number of hydrogen-bond acceptors (Lipinski definition) is 3. The fourth-order valence-electron chi connectivity index (χ4n) is 2.29. The molecule has 0 aliphatic carbocycles. The van der Waals surface area contributed by atoms with Crippen LogP contribution in [0.3, 0.4) is 0 Å². The zero-order valence-corrected chi connectivity index (χ0v) is 11.9. The van der Waals surface area contributed by atoms with Crippen LogP contribution in [0.4, 0.5) is 4.39 Å². The molecule has 0 radical (unpaired) electrons. The average molecular weight is 274 g/mol. The number of aryl methyl sites for hydroxylation is 2. The minimum Gasteiger partial charge on any atom is -0.496 e. The highest BCUT2D eigenvalue weighted by Crippen LogP contribution is 2.32. The van der Waals surface area contributed by atoms with E-state index < -0.39 is 6.04 Å². The Balaban J connectivity index is 2.55. The van der Waals surface area contributed by atoms with Crippen molar-refractivity contribution in [1.82, 2.24) is 5.43 Å². The van der Waals surface area contributed by atoms with E-state index in [-0.39, 0.29) is 5.82 Å². The third kappa shape index (κ3) is 2.81. The molecule has 0 fully saturated rings. The fraction of sp³-hybridized carbons (Fsp3) is 0.250. The van der Waals surface area contributed by atoms with Gasteiger partial charge in [-0.25, -0.2) is 9.82 Å². The van der Waals surface area contributed by atoms with Crippen molar-refractivity contribution in [2.24, 2.45) is 5.84 Å². The molecule has 2 aromatic carbocycles. The quantitative estimate of drug-likeness (QED) is 0.665. The summed E-state index contributed by atoms with van der Waals surface area (Å²) in [4.78, 5) is 0. The first-order valence-electron chi connectivity index (χ1n) is 6.43. The summed E-state index contributed by atoms with van der Waals surface area (Å²) >= 11 is 0. The van der Waals surface area contributed by atoms with E-state index in [0.29, 0.717) is 11.3 Å². The molecule has 0 heterocycles. The number of ether oxygens (including phenoxy) is 1. The first-order chi connectivity index (χ1) is 9.56. The molecule has 4 heteroatoms. The molecule has 0 spiro atoms. The zero-order valence-electron chi connectivity index (χ0n) is 11.9. The largest absolute Gasteiger partial charge is 0.496 e. The molecular weight excluding hydrogens is 255 g/mol. The molecular formula is C16H19FN2O. The van der Waals surface area contributed by atoms with Gasteiger partial charge in [-0.2, -0.15) is 0 Å². The Morgan fingerprint density at radius 1 is 1.05 bits per heavy atom. The maximum atomic E-state index is 14.1. The summed E-state index contributed by atoms with van der Waals surface area (Å²) in [6.45, 7) is 3.90. The van der Waals surface area contributed by atoms with E-state index in [1.54, 1.807) is 19.2 Å². The van der Waals surface area contributed by atoms with Crippen molar-refractivity contribution in [1.29, 1.82) is 0 Å². The lowest BCUT2D eigenvalue weighted by Gasteiger charge is -2.21. The number of halogens is 1. The number of nitrogens with one attached hydrogen (secondary N) is 1. The average Bonchev–Trinajstić information content (AvgIpc) is 2.44. The van der Waals surface area contributed by atoms with Crippen LogP contribution in [-0.2, 0) is 0 Å². The molecule has 0 bridgehead atoms. The molecule has 1 unspecified atom stereocenters. The van der Waals surface area contributed by atoms with Crippen LogP contribution in [0.1, 0.15) is 28.3 Å². The zero-order chi connectivity index (χ0) is 14.7. The number of methoxy groups -OCH3 is 1. The summed E-state index contributed by atoms with van der Waals surface area (Å²) in [5.74, 6) is 6.04. The van der Waals surface area contributed by atoms with E-state index in [2.05, 4.69) is 5.43 Å². The second kappa shape index (κ2) is 6.03. The van der Waals surface area contributed by atoms with Crippen LogP contribution in [0.25, 0.3) is 0 Å². The summed E-state index contributed by atoms with van der Waals surface area (Å²) in [6, 6.07) is 10.3. The molecule has 0 saturated carbocycles. The molecule has 0 aliphatic rings. The van der Waals surface area contributed by atoms with Gasteiger partial charge in [-0.1, -0.05) is 29.8 Å². The molecule has 2 rings (SSSR count). The van der Waals surface area contributed by atoms with Crippen LogP contribution in [0, 0.1) is 19.7 Å². The number of benzene rings is 2. The molecule has 0 aliphatic heterocycles. The second-order valence-corrected chi connectivity index (χ2v) is 4.87. The fourth-order valence-corrected chi connectivity index (χ4v) is 2.29. The van der Waals surface area contributed by atoms with Crippen LogP contribution in [-0.4, -0.2) is 7.11 Å². The lowest BCUT2D eigenvalue weighted by atomic mass is 9.95. The van der Waals surface area contributed by atoms with Crippen LogP contribution in [0.15, 0.2) is 36.4 Å². The van der Waals surface area contributed by atoms with Crippen LogP contribution in [0.5, 0.6) is 5.75 Å². The number of nitrogens with two attached hydrogens (primary N) is 1. The highest BCUT2D eigenvalue weighted by Gasteiger charge is 2.20. The van der Waals surface area contributed by atoms with Gasteiger partial charge in [-0.05, 0) is 31.5 Å². The minimum atomic E-state index is -0.453.